The van der Waals surface area contributed by atoms with Gasteiger partial charge in [0.15, 0.2) is 0 Å². The van der Waals surface area contributed by atoms with Gasteiger partial charge in [-0.15, -0.1) is 0 Å². The summed E-state index contributed by atoms with van der Waals surface area (Å²) >= 11 is 0. The van der Waals surface area contributed by atoms with Gasteiger partial charge in [0.2, 0.25) is 0 Å². The molecule has 138 valence electrons. The monoisotopic (exact) mass is 465 g/mol. The first-order chi connectivity index (χ1) is 9.56. The van der Waals surface area contributed by atoms with E-state index in [-0.39, 0.29) is 63.5 Å². The molecule has 0 radical (unpaired) electrons. The Bertz CT molecular complexity index is 196. The third-order valence-electron chi connectivity index (χ3n) is 4.18. The molecule has 0 aromatic carbocycles. The maximum atomic E-state index is 2.29. The predicted molar refractivity (Wildman–Crippen MR) is 93.2 cm³/mol. The van der Waals surface area contributed by atoms with Gasteiger partial charge in [-0.05, 0) is 12.8 Å². The van der Waals surface area contributed by atoms with Crippen molar-refractivity contribution in [1.29, 1.82) is 0 Å². The Balaban J connectivity index is -0.000000602. The average Bonchev–Trinajstić information content (AvgIpc) is 2.38. The van der Waals surface area contributed by atoms with Crippen LogP contribution in [0.15, 0.2) is 0 Å². The molecule has 0 aliphatic heterocycles. The van der Waals surface area contributed by atoms with Crippen LogP contribution in [0, 0.1) is 0 Å². The zero-order chi connectivity index (χ0) is 15.1. The number of hydrogen-bond donors (Lipinski definition) is 0. The van der Waals surface area contributed by atoms with Crippen molar-refractivity contribution < 1.29 is 68.0 Å². The third-order valence-corrected chi connectivity index (χ3v) is 4.18. The standard InChI is InChI=1S/C19H42N.2BrH.Na/c1-5-6-7-8-9-10-11-12-13-14-15-16-17-18-19-20(2,3)4;;;/h5-19H2,1-4H3;2*1H;/q+1;;;+1/p-2. The van der Waals surface area contributed by atoms with Crippen LogP contribution in [0.1, 0.15) is 96.8 Å². The fraction of sp³-hybridized carbons (Fsp3) is 1.00. The fourth-order valence-corrected chi connectivity index (χ4v) is 2.78. The molecule has 0 saturated carbocycles. The molecular formula is C19H42Br2NNa. The van der Waals surface area contributed by atoms with E-state index in [1.54, 1.807) is 0 Å². The summed E-state index contributed by atoms with van der Waals surface area (Å²) in [5.74, 6) is 0. The smallest absolute Gasteiger partial charge is 1.00 e. The molecule has 0 heterocycles. The van der Waals surface area contributed by atoms with Gasteiger partial charge in [-0.25, -0.2) is 0 Å². The number of quaternary nitrogens is 1. The largest absolute Gasteiger partial charge is 1.00 e. The van der Waals surface area contributed by atoms with Crippen LogP contribution < -0.4 is 63.5 Å². The maximum absolute atomic E-state index is 2.29. The molecule has 0 bridgehead atoms. The number of halogens is 2. The summed E-state index contributed by atoms with van der Waals surface area (Å²) in [6, 6.07) is 0. The summed E-state index contributed by atoms with van der Waals surface area (Å²) in [7, 11) is 6.88. The van der Waals surface area contributed by atoms with Crippen molar-refractivity contribution in [1.82, 2.24) is 0 Å². The minimum Gasteiger partial charge on any atom is -1.00 e. The molecule has 23 heavy (non-hydrogen) atoms. The van der Waals surface area contributed by atoms with Gasteiger partial charge in [0.05, 0.1) is 27.7 Å². The molecule has 1 nitrogen and oxygen atoms in total. The van der Waals surface area contributed by atoms with Crippen molar-refractivity contribution in [2.75, 3.05) is 27.7 Å². The van der Waals surface area contributed by atoms with E-state index >= 15 is 0 Å². The van der Waals surface area contributed by atoms with E-state index in [0.717, 1.165) is 4.48 Å². The van der Waals surface area contributed by atoms with Crippen molar-refractivity contribution in [2.24, 2.45) is 0 Å². The van der Waals surface area contributed by atoms with Gasteiger partial charge in [-0.3, -0.25) is 0 Å². The molecule has 0 saturated heterocycles. The number of rotatable bonds is 15. The Kier molecular flexibility index (Phi) is 33.9. The molecule has 4 heteroatoms. The Morgan fingerprint density at radius 1 is 0.478 bits per heavy atom. The van der Waals surface area contributed by atoms with Crippen molar-refractivity contribution in [2.45, 2.75) is 96.8 Å². The minimum atomic E-state index is 0. The molecule has 0 aliphatic carbocycles. The van der Waals surface area contributed by atoms with Crippen molar-refractivity contribution >= 4 is 0 Å². The minimum absolute atomic E-state index is 0. The third kappa shape index (κ3) is 32.1. The van der Waals surface area contributed by atoms with Crippen LogP contribution in [0.3, 0.4) is 0 Å². The molecule has 0 aromatic rings. The summed E-state index contributed by atoms with van der Waals surface area (Å²) < 4.78 is 1.12. The number of unbranched alkanes of at least 4 members (excludes halogenated alkanes) is 13. The summed E-state index contributed by atoms with van der Waals surface area (Å²) in [5.41, 5.74) is 0. The van der Waals surface area contributed by atoms with Crippen LogP contribution in [0.25, 0.3) is 0 Å². The Labute approximate surface area is 191 Å². The van der Waals surface area contributed by atoms with Crippen molar-refractivity contribution in [3.63, 3.8) is 0 Å². The normalized spacial score (nSPS) is 10.4. The second-order valence-corrected chi connectivity index (χ2v) is 7.61. The topological polar surface area (TPSA) is 0 Å². The quantitative estimate of drug-likeness (QED) is 0.139. The first-order valence-electron chi connectivity index (χ1n) is 9.36. The van der Waals surface area contributed by atoms with E-state index in [1.165, 1.54) is 96.4 Å². The summed E-state index contributed by atoms with van der Waals surface area (Å²) in [6.07, 6.45) is 20.4. The zero-order valence-corrected chi connectivity index (χ0v) is 22.0. The average molecular weight is 467 g/mol. The number of nitrogens with zero attached hydrogens (tertiary/aromatic N) is 1. The SMILES string of the molecule is CCCCCCCCCCCCCCCC[N+](C)(C)C.[Br-].[Br-].[Na+]. The van der Waals surface area contributed by atoms with Crippen LogP contribution in [0.5, 0.6) is 0 Å². The number of hydrogen-bond acceptors (Lipinski definition) is 0. The van der Waals surface area contributed by atoms with E-state index in [0.29, 0.717) is 0 Å². The van der Waals surface area contributed by atoms with Gasteiger partial charge in [0.1, 0.15) is 0 Å². The van der Waals surface area contributed by atoms with Crippen LogP contribution in [0.2, 0.25) is 0 Å². The predicted octanol–water partition coefficient (Wildman–Crippen LogP) is -2.81. The molecule has 0 aliphatic rings. The molecular weight excluding hydrogens is 425 g/mol. The molecule has 0 aromatic heterocycles. The van der Waals surface area contributed by atoms with E-state index in [4.69, 9.17) is 0 Å². The van der Waals surface area contributed by atoms with Gasteiger partial charge in [0, 0.05) is 0 Å². The van der Waals surface area contributed by atoms with Gasteiger partial charge >= 0.3 is 29.6 Å². The van der Waals surface area contributed by atoms with Gasteiger partial charge < -0.3 is 38.4 Å². The molecule has 0 amide bonds. The van der Waals surface area contributed by atoms with Gasteiger partial charge in [0.25, 0.3) is 0 Å². The van der Waals surface area contributed by atoms with Crippen molar-refractivity contribution in [3.05, 3.63) is 0 Å². The Morgan fingerprint density at radius 2 is 0.739 bits per heavy atom. The fourth-order valence-electron chi connectivity index (χ4n) is 2.78. The van der Waals surface area contributed by atoms with Gasteiger partial charge in [-0.1, -0.05) is 84.0 Å². The van der Waals surface area contributed by atoms with Crippen LogP contribution in [0.4, 0.5) is 0 Å². The van der Waals surface area contributed by atoms with Crippen LogP contribution >= 0.6 is 0 Å². The van der Waals surface area contributed by atoms with Crippen LogP contribution in [-0.2, 0) is 0 Å². The van der Waals surface area contributed by atoms with E-state index in [9.17, 15) is 0 Å². The van der Waals surface area contributed by atoms with E-state index in [2.05, 4.69) is 28.1 Å². The molecule has 0 rings (SSSR count). The second-order valence-electron chi connectivity index (χ2n) is 7.61. The Morgan fingerprint density at radius 3 is 1.00 bits per heavy atom. The summed E-state index contributed by atoms with van der Waals surface area (Å²) in [5, 5.41) is 0. The van der Waals surface area contributed by atoms with Crippen molar-refractivity contribution in [3.8, 4) is 0 Å². The van der Waals surface area contributed by atoms with E-state index < -0.39 is 0 Å². The summed E-state index contributed by atoms with van der Waals surface area (Å²) in [6.45, 7) is 3.63. The van der Waals surface area contributed by atoms with Gasteiger partial charge in [-0.2, -0.15) is 0 Å². The summed E-state index contributed by atoms with van der Waals surface area (Å²) in [4.78, 5) is 0. The Hall–Kier alpha value is 1.92. The maximum Gasteiger partial charge on any atom is 1.00 e. The molecule has 0 unspecified atom stereocenters. The molecule has 0 N–H and O–H groups in total. The first kappa shape index (κ1) is 32.6. The molecule has 0 fully saturated rings. The molecule has 0 spiro atoms. The van der Waals surface area contributed by atoms with Crippen LogP contribution in [-0.4, -0.2) is 32.2 Å². The second kappa shape index (κ2) is 23.9. The zero-order valence-electron chi connectivity index (χ0n) is 16.8. The first-order valence-corrected chi connectivity index (χ1v) is 9.36. The van der Waals surface area contributed by atoms with E-state index in [1.807, 2.05) is 0 Å². The molecule has 0 atom stereocenters.